The molecule has 0 bridgehead atoms. The van der Waals surface area contributed by atoms with Crippen molar-refractivity contribution in [3.63, 3.8) is 0 Å². The van der Waals surface area contributed by atoms with E-state index in [4.69, 9.17) is 27.9 Å². The van der Waals surface area contributed by atoms with Crippen LogP contribution in [0.1, 0.15) is 39.5 Å². The molecule has 0 unspecified atom stereocenters. The summed E-state index contributed by atoms with van der Waals surface area (Å²) in [4.78, 5) is 27.5. The van der Waals surface area contributed by atoms with Gasteiger partial charge < -0.3 is 20.3 Å². The van der Waals surface area contributed by atoms with Crippen LogP contribution in [0.4, 0.5) is 9.80 Å². The number of fused-ring (bicyclic) bond motifs is 3. The Kier molecular flexibility index (Phi) is 4.92. The molecule has 2 aliphatic heterocycles. The van der Waals surface area contributed by atoms with Crippen molar-refractivity contribution >= 4 is 51.5 Å². The number of thiophene rings is 1. The summed E-state index contributed by atoms with van der Waals surface area (Å²) in [7, 11) is 0. The molecule has 0 radical (unpaired) electrons. The van der Waals surface area contributed by atoms with Gasteiger partial charge in [0.2, 0.25) is 0 Å². The van der Waals surface area contributed by atoms with Crippen molar-refractivity contribution in [2.24, 2.45) is 0 Å². The van der Waals surface area contributed by atoms with Crippen molar-refractivity contribution in [3.8, 4) is 0 Å². The predicted molar refractivity (Wildman–Crippen MR) is 106 cm³/mol. The molecule has 2 aromatic rings. The Bertz CT molecular complexity index is 911. The van der Waals surface area contributed by atoms with Gasteiger partial charge in [0.15, 0.2) is 0 Å². The number of ether oxygens (including phenoxy) is 1. The molecule has 27 heavy (non-hydrogen) atoms. The van der Waals surface area contributed by atoms with Crippen LogP contribution in [0, 0.1) is 0 Å². The summed E-state index contributed by atoms with van der Waals surface area (Å²) in [6.07, 6.45) is -0.216. The van der Waals surface area contributed by atoms with Crippen LogP contribution in [0.15, 0.2) is 18.2 Å². The predicted octanol–water partition coefficient (Wildman–Crippen LogP) is 4.42. The highest BCUT2D eigenvalue weighted by molar-refractivity contribution is 7.16. The molecule has 0 spiro atoms. The van der Waals surface area contributed by atoms with E-state index in [1.54, 1.807) is 30.0 Å². The third-order valence-corrected chi connectivity index (χ3v) is 6.46. The normalized spacial score (nSPS) is 18.3. The van der Waals surface area contributed by atoms with E-state index < -0.39 is 6.17 Å². The van der Waals surface area contributed by atoms with Crippen molar-refractivity contribution in [1.29, 1.82) is 0 Å². The molecule has 9 heteroatoms. The van der Waals surface area contributed by atoms with Gasteiger partial charge in [0.1, 0.15) is 11.2 Å². The van der Waals surface area contributed by atoms with E-state index in [-0.39, 0.29) is 12.0 Å². The quantitative estimate of drug-likeness (QED) is 0.746. The first-order valence-corrected chi connectivity index (χ1v) is 10.1. The van der Waals surface area contributed by atoms with E-state index in [1.807, 2.05) is 0 Å². The van der Waals surface area contributed by atoms with Crippen molar-refractivity contribution < 1.29 is 14.3 Å². The molecular weight excluding hydrogens is 409 g/mol. The number of carbonyl (C=O) groups excluding carboxylic acids is 2. The molecule has 2 amide bonds. The zero-order valence-electron chi connectivity index (χ0n) is 14.5. The van der Waals surface area contributed by atoms with Gasteiger partial charge in [0, 0.05) is 27.0 Å². The van der Waals surface area contributed by atoms with Crippen molar-refractivity contribution in [3.05, 3.63) is 49.8 Å². The second kappa shape index (κ2) is 7.22. The molecule has 6 nitrogen and oxygen atoms in total. The molecule has 2 N–H and O–H groups in total. The number of hydrogen-bond donors (Lipinski definition) is 2. The fourth-order valence-corrected chi connectivity index (χ4v) is 5.32. The van der Waals surface area contributed by atoms with Gasteiger partial charge in [0.05, 0.1) is 18.7 Å². The Balaban J connectivity index is 1.64. The van der Waals surface area contributed by atoms with Crippen molar-refractivity contribution in [2.75, 3.05) is 18.5 Å². The first-order valence-electron chi connectivity index (χ1n) is 8.57. The van der Waals surface area contributed by atoms with Crippen LogP contribution in [0.3, 0.4) is 0 Å². The number of nitrogens with zero attached hydrogens (tertiary/aromatic N) is 1. The third kappa shape index (κ3) is 3.24. The Morgan fingerprint density at radius 1 is 1.33 bits per heavy atom. The first-order chi connectivity index (χ1) is 13.0. The summed E-state index contributed by atoms with van der Waals surface area (Å²) in [6, 6.07) is 5.24. The molecule has 3 heterocycles. The molecule has 0 saturated carbocycles. The fourth-order valence-electron chi connectivity index (χ4n) is 3.42. The molecule has 2 aliphatic rings. The maximum absolute atomic E-state index is 12.8. The lowest BCUT2D eigenvalue weighted by Crippen LogP contribution is -2.39. The van der Waals surface area contributed by atoms with Gasteiger partial charge in [-0.2, -0.15) is 0 Å². The van der Waals surface area contributed by atoms with Crippen LogP contribution < -0.4 is 10.6 Å². The van der Waals surface area contributed by atoms with E-state index in [2.05, 4.69) is 10.6 Å². The number of amides is 2. The Labute approximate surface area is 170 Å². The Hall–Kier alpha value is -1.96. The summed E-state index contributed by atoms with van der Waals surface area (Å²) in [5, 5.41) is 8.02. The maximum atomic E-state index is 12.8. The van der Waals surface area contributed by atoms with E-state index in [1.165, 1.54) is 11.3 Å². The fraction of sp³-hybridized carbons (Fsp3) is 0.333. The molecular formula is C18H17Cl2N3O3S. The second-order valence-electron chi connectivity index (χ2n) is 6.26. The number of nitrogens with one attached hydrogen (secondary N) is 2. The highest BCUT2D eigenvalue weighted by atomic mass is 35.5. The molecule has 4 rings (SSSR count). The number of rotatable bonds is 2. The summed E-state index contributed by atoms with van der Waals surface area (Å²) in [5.41, 5.74) is 2.28. The van der Waals surface area contributed by atoms with Crippen molar-refractivity contribution in [1.82, 2.24) is 10.2 Å². The summed E-state index contributed by atoms with van der Waals surface area (Å²) in [5.74, 6) is -0.160. The standard InChI is InChI=1S/C18H17Cl2N3O3S/c1-2-26-18(25)23-7-6-9-12(8-23)27-17-13(9)16(24)21-15(22-17)14-10(19)4-3-5-11(14)20/h3-5,15,22H,2,6-8H2,1H3,(H,21,24)/t15-/m0/s1. The summed E-state index contributed by atoms with van der Waals surface area (Å²) >= 11 is 14.1. The molecule has 1 aromatic heterocycles. The average Bonchev–Trinajstić information content (AvgIpc) is 2.99. The molecule has 0 fully saturated rings. The van der Waals surface area contributed by atoms with Crippen molar-refractivity contribution in [2.45, 2.75) is 26.1 Å². The van der Waals surface area contributed by atoms with Gasteiger partial charge in [-0.05, 0) is 31.0 Å². The number of benzene rings is 1. The molecule has 0 aliphatic carbocycles. The first kappa shape index (κ1) is 18.4. The van der Waals surface area contributed by atoms with Crippen LogP contribution in [-0.2, 0) is 17.7 Å². The summed E-state index contributed by atoms with van der Waals surface area (Å²) < 4.78 is 5.09. The highest BCUT2D eigenvalue weighted by Gasteiger charge is 2.35. The smallest absolute Gasteiger partial charge is 0.410 e. The topological polar surface area (TPSA) is 70.7 Å². The number of halogens is 2. The second-order valence-corrected chi connectivity index (χ2v) is 8.18. The highest BCUT2D eigenvalue weighted by Crippen LogP contribution is 2.42. The van der Waals surface area contributed by atoms with Crippen LogP contribution in [-0.4, -0.2) is 30.1 Å². The van der Waals surface area contributed by atoms with E-state index >= 15 is 0 Å². The Morgan fingerprint density at radius 2 is 2.07 bits per heavy atom. The molecule has 1 aromatic carbocycles. The third-order valence-electron chi connectivity index (χ3n) is 4.65. The lowest BCUT2D eigenvalue weighted by atomic mass is 10.0. The van der Waals surface area contributed by atoms with Crippen LogP contribution in [0.5, 0.6) is 0 Å². The van der Waals surface area contributed by atoms with Gasteiger partial charge in [0.25, 0.3) is 5.91 Å². The van der Waals surface area contributed by atoms with Crippen LogP contribution in [0.2, 0.25) is 10.0 Å². The van der Waals surface area contributed by atoms with Gasteiger partial charge in [-0.15, -0.1) is 11.3 Å². The minimum atomic E-state index is -0.507. The van der Waals surface area contributed by atoms with Gasteiger partial charge in [-0.1, -0.05) is 29.3 Å². The van der Waals surface area contributed by atoms with Crippen LogP contribution >= 0.6 is 34.5 Å². The minimum absolute atomic E-state index is 0.160. The van der Waals surface area contributed by atoms with E-state index in [0.717, 1.165) is 15.4 Å². The largest absolute Gasteiger partial charge is 0.450 e. The SMILES string of the molecule is CCOC(=O)N1CCc2c(sc3c2C(=O)N[C@H](c2c(Cl)cccc2Cl)N3)C1. The minimum Gasteiger partial charge on any atom is -0.450 e. The van der Waals surface area contributed by atoms with Gasteiger partial charge >= 0.3 is 6.09 Å². The summed E-state index contributed by atoms with van der Waals surface area (Å²) in [6.45, 7) is 3.10. The number of anilines is 1. The van der Waals surface area contributed by atoms with Gasteiger partial charge in [-0.3, -0.25) is 4.79 Å². The van der Waals surface area contributed by atoms with E-state index in [9.17, 15) is 9.59 Å². The zero-order valence-corrected chi connectivity index (χ0v) is 16.8. The lowest BCUT2D eigenvalue weighted by Gasteiger charge is -2.29. The van der Waals surface area contributed by atoms with Crippen LogP contribution in [0.25, 0.3) is 0 Å². The van der Waals surface area contributed by atoms with Gasteiger partial charge in [-0.25, -0.2) is 4.79 Å². The molecule has 0 saturated heterocycles. The average molecular weight is 426 g/mol. The lowest BCUT2D eigenvalue weighted by molar-refractivity contribution is 0.0934. The molecule has 1 atom stereocenters. The van der Waals surface area contributed by atoms with E-state index in [0.29, 0.717) is 47.3 Å². The molecule has 142 valence electrons. The Morgan fingerprint density at radius 3 is 2.78 bits per heavy atom. The maximum Gasteiger partial charge on any atom is 0.410 e. The zero-order chi connectivity index (χ0) is 19.1. The monoisotopic (exact) mass is 425 g/mol. The number of carbonyl (C=O) groups is 2. The number of hydrogen-bond acceptors (Lipinski definition) is 5.